The van der Waals surface area contributed by atoms with Crippen molar-refractivity contribution < 1.29 is 9.53 Å². The van der Waals surface area contributed by atoms with Gasteiger partial charge < -0.3 is 15.0 Å². The monoisotopic (exact) mass is 212 g/mol. The predicted octanol–water partition coefficient (Wildman–Crippen LogP) is 0.399. The van der Waals surface area contributed by atoms with E-state index in [-0.39, 0.29) is 12.5 Å². The third kappa shape index (κ3) is 4.44. The van der Waals surface area contributed by atoms with Gasteiger partial charge in [0.1, 0.15) is 6.61 Å². The Morgan fingerprint density at radius 2 is 2.40 bits per heavy atom. The number of hydrogen-bond donors (Lipinski definition) is 1. The van der Waals surface area contributed by atoms with Gasteiger partial charge in [-0.1, -0.05) is 20.4 Å². The Balaban J connectivity index is 2.27. The molecule has 0 aromatic carbocycles. The fourth-order valence-electron chi connectivity index (χ4n) is 1.39. The zero-order valence-corrected chi connectivity index (χ0v) is 9.58. The molecular weight excluding hydrogens is 192 g/mol. The van der Waals surface area contributed by atoms with Crippen LogP contribution in [0.2, 0.25) is 0 Å². The first-order valence-electron chi connectivity index (χ1n) is 5.35. The molecule has 15 heavy (non-hydrogen) atoms. The van der Waals surface area contributed by atoms with E-state index in [0.29, 0.717) is 25.7 Å². The largest absolute Gasteiger partial charge is 0.370 e. The van der Waals surface area contributed by atoms with Crippen LogP contribution in [0, 0.1) is 0 Å². The number of rotatable bonds is 5. The minimum absolute atomic E-state index is 0.0620. The van der Waals surface area contributed by atoms with Crippen LogP contribution in [0.1, 0.15) is 13.8 Å². The maximum atomic E-state index is 11.4. The Bertz CT molecular complexity index is 239. The van der Waals surface area contributed by atoms with E-state index in [1.54, 1.807) is 4.90 Å². The lowest BCUT2D eigenvalue weighted by Crippen LogP contribution is -2.43. The lowest BCUT2D eigenvalue weighted by atomic mass is 10.2. The molecular formula is C11H20N2O2. The number of amides is 1. The highest BCUT2D eigenvalue weighted by molar-refractivity contribution is 5.78. The Labute approximate surface area is 91.3 Å². The number of nitrogens with one attached hydrogen (secondary N) is 1. The molecule has 1 rings (SSSR count). The molecule has 0 aromatic rings. The molecule has 0 unspecified atom stereocenters. The smallest absolute Gasteiger partial charge is 0.248 e. The van der Waals surface area contributed by atoms with Gasteiger partial charge in [0.2, 0.25) is 5.91 Å². The molecule has 0 aliphatic carbocycles. The quantitative estimate of drug-likeness (QED) is 0.671. The van der Waals surface area contributed by atoms with Crippen molar-refractivity contribution in [3.8, 4) is 0 Å². The molecule has 1 N–H and O–H groups in total. The summed E-state index contributed by atoms with van der Waals surface area (Å²) < 4.78 is 5.06. The highest BCUT2D eigenvalue weighted by Crippen LogP contribution is 2.02. The van der Waals surface area contributed by atoms with Crippen LogP contribution in [0.25, 0.3) is 0 Å². The molecule has 1 aliphatic heterocycles. The van der Waals surface area contributed by atoms with Gasteiger partial charge in [-0.05, 0) is 5.57 Å². The second-order valence-corrected chi connectivity index (χ2v) is 4.15. The molecule has 0 bridgehead atoms. The van der Waals surface area contributed by atoms with Crippen LogP contribution < -0.4 is 5.32 Å². The maximum Gasteiger partial charge on any atom is 0.248 e. The summed E-state index contributed by atoms with van der Waals surface area (Å²) in [5.41, 5.74) is 1.04. The molecule has 1 heterocycles. The molecule has 0 spiro atoms. The minimum atomic E-state index is 0.0620. The molecule has 1 amide bonds. The first-order valence-corrected chi connectivity index (χ1v) is 5.35. The Kier molecular flexibility index (Phi) is 4.78. The topological polar surface area (TPSA) is 41.6 Å². The Morgan fingerprint density at radius 1 is 1.67 bits per heavy atom. The van der Waals surface area contributed by atoms with Gasteiger partial charge >= 0.3 is 0 Å². The lowest BCUT2D eigenvalue weighted by molar-refractivity contribution is -0.142. The van der Waals surface area contributed by atoms with Crippen molar-refractivity contribution in [2.24, 2.45) is 0 Å². The van der Waals surface area contributed by atoms with E-state index in [1.807, 2.05) is 0 Å². The molecule has 1 fully saturated rings. The van der Waals surface area contributed by atoms with Crippen molar-refractivity contribution in [3.63, 3.8) is 0 Å². The van der Waals surface area contributed by atoms with Gasteiger partial charge in [-0.25, -0.2) is 0 Å². The molecule has 1 saturated heterocycles. The average Bonchev–Trinajstić information content (AvgIpc) is 2.18. The molecule has 4 nitrogen and oxygen atoms in total. The van der Waals surface area contributed by atoms with Gasteiger partial charge in [0.05, 0.1) is 6.61 Å². The standard InChI is InChI=1S/C11H20N2O2/c1-9(2)12-6-10(3)7-13-4-5-15-8-11(13)14/h9,12H,3-8H2,1-2H3. The second-order valence-electron chi connectivity index (χ2n) is 4.15. The molecule has 0 radical (unpaired) electrons. The molecule has 0 saturated carbocycles. The number of carbonyl (C=O) groups is 1. The van der Waals surface area contributed by atoms with Crippen LogP contribution in [0.4, 0.5) is 0 Å². The lowest BCUT2D eigenvalue weighted by Gasteiger charge is -2.27. The van der Waals surface area contributed by atoms with E-state index < -0.39 is 0 Å². The van der Waals surface area contributed by atoms with Crippen LogP contribution in [0.5, 0.6) is 0 Å². The minimum Gasteiger partial charge on any atom is -0.370 e. The summed E-state index contributed by atoms with van der Waals surface area (Å²) in [5.74, 6) is 0.0620. The van der Waals surface area contributed by atoms with E-state index in [1.165, 1.54) is 0 Å². The second kappa shape index (κ2) is 5.88. The molecule has 1 aliphatic rings. The van der Waals surface area contributed by atoms with Crippen molar-refractivity contribution in [2.45, 2.75) is 19.9 Å². The zero-order valence-electron chi connectivity index (χ0n) is 9.58. The number of hydrogen-bond acceptors (Lipinski definition) is 3. The Morgan fingerprint density at radius 3 is 3.00 bits per heavy atom. The van der Waals surface area contributed by atoms with Gasteiger partial charge in [0.15, 0.2) is 0 Å². The average molecular weight is 212 g/mol. The Hall–Kier alpha value is -0.870. The number of morpholine rings is 1. The third-order valence-corrected chi connectivity index (χ3v) is 2.26. The molecule has 86 valence electrons. The fourth-order valence-corrected chi connectivity index (χ4v) is 1.39. The molecule has 0 atom stereocenters. The summed E-state index contributed by atoms with van der Waals surface area (Å²) in [5, 5.41) is 3.28. The fraction of sp³-hybridized carbons (Fsp3) is 0.727. The maximum absolute atomic E-state index is 11.4. The number of ether oxygens (including phenoxy) is 1. The van der Waals surface area contributed by atoms with E-state index in [4.69, 9.17) is 4.74 Å². The van der Waals surface area contributed by atoms with Crippen LogP contribution in [-0.2, 0) is 9.53 Å². The van der Waals surface area contributed by atoms with E-state index >= 15 is 0 Å². The SMILES string of the molecule is C=C(CNC(C)C)CN1CCOCC1=O. The molecule has 0 aromatic heterocycles. The highest BCUT2D eigenvalue weighted by Gasteiger charge is 2.18. The van der Waals surface area contributed by atoms with Crippen molar-refractivity contribution in [3.05, 3.63) is 12.2 Å². The van der Waals surface area contributed by atoms with Crippen molar-refractivity contribution >= 4 is 5.91 Å². The van der Waals surface area contributed by atoms with Crippen LogP contribution in [-0.4, -0.2) is 49.7 Å². The molecule has 4 heteroatoms. The van der Waals surface area contributed by atoms with Crippen LogP contribution in [0.3, 0.4) is 0 Å². The summed E-state index contributed by atoms with van der Waals surface area (Å²) >= 11 is 0. The van der Waals surface area contributed by atoms with Gasteiger partial charge in [-0.15, -0.1) is 0 Å². The zero-order chi connectivity index (χ0) is 11.3. The van der Waals surface area contributed by atoms with E-state index in [9.17, 15) is 4.79 Å². The van der Waals surface area contributed by atoms with Gasteiger partial charge in [-0.3, -0.25) is 4.79 Å². The number of nitrogens with zero attached hydrogens (tertiary/aromatic N) is 1. The van der Waals surface area contributed by atoms with Crippen molar-refractivity contribution in [2.75, 3.05) is 32.8 Å². The van der Waals surface area contributed by atoms with Gasteiger partial charge in [0, 0.05) is 25.7 Å². The summed E-state index contributed by atoms with van der Waals surface area (Å²) in [6.07, 6.45) is 0. The first kappa shape index (κ1) is 12.2. The van der Waals surface area contributed by atoms with Crippen LogP contribution >= 0.6 is 0 Å². The summed E-state index contributed by atoms with van der Waals surface area (Å²) in [6, 6.07) is 0.446. The summed E-state index contributed by atoms with van der Waals surface area (Å²) in [4.78, 5) is 13.2. The van der Waals surface area contributed by atoms with E-state index in [2.05, 4.69) is 25.7 Å². The number of carbonyl (C=O) groups excluding carboxylic acids is 1. The first-order chi connectivity index (χ1) is 7.09. The summed E-state index contributed by atoms with van der Waals surface area (Å²) in [6.45, 7) is 11.1. The summed E-state index contributed by atoms with van der Waals surface area (Å²) in [7, 11) is 0. The highest BCUT2D eigenvalue weighted by atomic mass is 16.5. The normalized spacial score (nSPS) is 17.3. The third-order valence-electron chi connectivity index (χ3n) is 2.26. The van der Waals surface area contributed by atoms with Gasteiger partial charge in [0.25, 0.3) is 0 Å². The predicted molar refractivity (Wildman–Crippen MR) is 59.7 cm³/mol. The van der Waals surface area contributed by atoms with Crippen LogP contribution in [0.15, 0.2) is 12.2 Å². The van der Waals surface area contributed by atoms with Gasteiger partial charge in [-0.2, -0.15) is 0 Å². The van der Waals surface area contributed by atoms with Crippen molar-refractivity contribution in [1.29, 1.82) is 0 Å². The van der Waals surface area contributed by atoms with Crippen molar-refractivity contribution in [1.82, 2.24) is 10.2 Å². The van der Waals surface area contributed by atoms with E-state index in [0.717, 1.165) is 12.1 Å².